The minimum atomic E-state index is -4.55. The molecule has 0 aliphatic rings. The third kappa shape index (κ3) is 37.6. The number of carbonyl (C=O) groups excluding carboxylic acids is 1. The molecule has 1 amide bonds. The molecule has 0 fully saturated rings. The van der Waals surface area contributed by atoms with E-state index < -0.39 is 20.0 Å². The maximum Gasteiger partial charge on any atom is 0.268 e. The molecule has 0 aliphatic carbocycles. The molecule has 0 aromatic heterocycles. The van der Waals surface area contributed by atoms with Gasteiger partial charge in [-0.1, -0.05) is 174 Å². The molecular weight excluding hydrogens is 671 g/mol. The van der Waals surface area contributed by atoms with Gasteiger partial charge in [-0.25, -0.2) is 0 Å². The Bertz CT molecular complexity index is 865. The second kappa shape index (κ2) is 35.9. The maximum atomic E-state index is 12.8. The van der Waals surface area contributed by atoms with Crippen LogP contribution in [0.5, 0.6) is 0 Å². The number of allylic oxidation sites excluding steroid dienone is 2. The summed E-state index contributed by atoms with van der Waals surface area (Å²) >= 11 is 0. The number of aliphatic hydroxyl groups excluding tert-OH is 1. The lowest BCUT2D eigenvalue weighted by atomic mass is 10.0. The van der Waals surface area contributed by atoms with Crippen LogP contribution in [0, 0.1) is 0 Å². The largest absolute Gasteiger partial charge is 0.756 e. The fourth-order valence-electron chi connectivity index (χ4n) is 6.45. The fraction of sp³-hybridized carbons (Fsp3) is 0.930. The lowest BCUT2D eigenvalue weighted by Gasteiger charge is -2.30. The molecule has 0 saturated carbocycles. The van der Waals surface area contributed by atoms with Crippen molar-refractivity contribution in [1.29, 1.82) is 0 Å². The van der Waals surface area contributed by atoms with E-state index in [0.717, 1.165) is 38.5 Å². The minimum absolute atomic E-state index is 0.0137. The first-order valence-corrected chi connectivity index (χ1v) is 23.5. The number of hydrogen-bond donors (Lipinski definition) is 2. The second-order valence-electron chi connectivity index (χ2n) is 16.4. The number of quaternary nitrogens is 1. The zero-order chi connectivity index (χ0) is 38.6. The molecule has 2 N–H and O–H groups in total. The average molecular weight is 759 g/mol. The molecule has 310 valence electrons. The molecule has 0 saturated heterocycles. The molecule has 0 aromatic rings. The number of likely N-dealkylation sites (N-methyl/N-ethyl adjacent to an activating group) is 1. The number of carbonyl (C=O) groups is 1. The lowest BCUT2D eigenvalue weighted by molar-refractivity contribution is -0.870. The highest BCUT2D eigenvalue weighted by Crippen LogP contribution is 2.38. The van der Waals surface area contributed by atoms with E-state index in [-0.39, 0.29) is 19.1 Å². The zero-order valence-electron chi connectivity index (χ0n) is 35.0. The molecule has 0 bridgehead atoms. The molecule has 0 rings (SSSR count). The number of nitrogens with one attached hydrogen (secondary N) is 1. The highest BCUT2D eigenvalue weighted by atomic mass is 31.2. The van der Waals surface area contributed by atoms with E-state index in [1.807, 2.05) is 21.1 Å². The number of nitrogens with zero attached hydrogens (tertiary/aromatic N) is 1. The Morgan fingerprint density at radius 3 is 1.50 bits per heavy atom. The van der Waals surface area contributed by atoms with Gasteiger partial charge in [0.1, 0.15) is 13.2 Å². The van der Waals surface area contributed by atoms with Gasteiger partial charge in [0.05, 0.1) is 39.9 Å². The Labute approximate surface area is 322 Å². The molecule has 3 atom stereocenters. The van der Waals surface area contributed by atoms with Crippen molar-refractivity contribution < 1.29 is 32.9 Å². The Morgan fingerprint density at radius 1 is 0.654 bits per heavy atom. The molecule has 0 radical (unpaired) electrons. The first-order chi connectivity index (χ1) is 25.0. The van der Waals surface area contributed by atoms with Crippen LogP contribution in [0.15, 0.2) is 12.2 Å². The molecular formula is C43H87N2O6P. The number of phosphoric acid groups is 1. The zero-order valence-corrected chi connectivity index (χ0v) is 35.9. The van der Waals surface area contributed by atoms with Gasteiger partial charge in [0.15, 0.2) is 0 Å². The van der Waals surface area contributed by atoms with Crippen molar-refractivity contribution in [3.05, 3.63) is 12.2 Å². The summed E-state index contributed by atoms with van der Waals surface area (Å²) in [5.74, 6) is -0.167. The van der Waals surface area contributed by atoms with E-state index in [4.69, 9.17) is 9.05 Å². The predicted molar refractivity (Wildman–Crippen MR) is 219 cm³/mol. The first kappa shape index (κ1) is 51.2. The van der Waals surface area contributed by atoms with Gasteiger partial charge in [-0.15, -0.1) is 0 Å². The maximum absolute atomic E-state index is 12.8. The smallest absolute Gasteiger partial charge is 0.268 e. The third-order valence-electron chi connectivity index (χ3n) is 10.0. The lowest BCUT2D eigenvalue weighted by Crippen LogP contribution is -2.46. The fourth-order valence-corrected chi connectivity index (χ4v) is 7.17. The van der Waals surface area contributed by atoms with Crippen molar-refractivity contribution in [1.82, 2.24) is 5.32 Å². The van der Waals surface area contributed by atoms with E-state index >= 15 is 0 Å². The van der Waals surface area contributed by atoms with Gasteiger partial charge in [0.25, 0.3) is 7.82 Å². The van der Waals surface area contributed by atoms with Gasteiger partial charge >= 0.3 is 0 Å². The molecule has 0 aromatic carbocycles. The molecule has 1 unspecified atom stereocenters. The van der Waals surface area contributed by atoms with E-state index in [9.17, 15) is 19.4 Å². The Morgan fingerprint density at radius 2 is 1.06 bits per heavy atom. The van der Waals surface area contributed by atoms with E-state index in [0.29, 0.717) is 23.9 Å². The summed E-state index contributed by atoms with van der Waals surface area (Å²) in [6.45, 7) is 4.69. The van der Waals surface area contributed by atoms with Crippen molar-refractivity contribution in [2.75, 3.05) is 40.9 Å². The molecule has 52 heavy (non-hydrogen) atoms. The number of hydrogen-bond acceptors (Lipinski definition) is 6. The summed E-state index contributed by atoms with van der Waals surface area (Å²) in [7, 11) is 1.31. The highest BCUT2D eigenvalue weighted by molar-refractivity contribution is 7.45. The van der Waals surface area contributed by atoms with Gasteiger partial charge in [-0.2, -0.15) is 0 Å². The standard InChI is InChI=1S/C43H87N2O6P/c1-6-8-10-12-14-16-17-18-19-20-21-22-23-24-25-26-27-29-31-33-35-37-43(47)44-41(40-51-52(48,49)50-39-38-45(3,4)5)42(46)36-34-32-30-28-15-13-11-9-7-2/h18-19,41-42,46H,6-17,20-40H2,1-5H3,(H-,44,47,48,49)/b19-18+/t41-,42+/m0/s1. The molecule has 9 heteroatoms. The highest BCUT2D eigenvalue weighted by Gasteiger charge is 2.24. The Balaban J connectivity index is 4.20. The van der Waals surface area contributed by atoms with Crippen LogP contribution >= 0.6 is 7.82 Å². The van der Waals surface area contributed by atoms with Crippen LogP contribution in [0.4, 0.5) is 0 Å². The first-order valence-electron chi connectivity index (χ1n) is 22.0. The summed E-state index contributed by atoms with van der Waals surface area (Å²) in [4.78, 5) is 25.2. The summed E-state index contributed by atoms with van der Waals surface area (Å²) in [6, 6.07) is -0.794. The van der Waals surface area contributed by atoms with Gasteiger partial charge < -0.3 is 28.8 Å². The van der Waals surface area contributed by atoms with Crippen molar-refractivity contribution in [3.8, 4) is 0 Å². The van der Waals surface area contributed by atoms with Crippen molar-refractivity contribution >= 4 is 13.7 Å². The van der Waals surface area contributed by atoms with Gasteiger partial charge in [-0.05, 0) is 38.5 Å². The Kier molecular flexibility index (Phi) is 35.4. The number of amides is 1. The topological polar surface area (TPSA) is 108 Å². The normalized spacial score (nSPS) is 14.5. The molecule has 0 heterocycles. The third-order valence-corrected chi connectivity index (χ3v) is 11.0. The van der Waals surface area contributed by atoms with Gasteiger partial charge in [0, 0.05) is 6.42 Å². The van der Waals surface area contributed by atoms with Crippen LogP contribution in [0.25, 0.3) is 0 Å². The van der Waals surface area contributed by atoms with Crippen molar-refractivity contribution in [2.45, 2.75) is 219 Å². The van der Waals surface area contributed by atoms with Crippen LogP contribution in [0.1, 0.15) is 206 Å². The summed E-state index contributed by atoms with van der Waals surface area (Å²) in [5.41, 5.74) is 0. The number of unbranched alkanes of at least 4 members (excludes halogenated alkanes) is 25. The van der Waals surface area contributed by atoms with Gasteiger partial charge in [-0.3, -0.25) is 9.36 Å². The second-order valence-corrected chi connectivity index (χ2v) is 17.8. The van der Waals surface area contributed by atoms with Crippen LogP contribution < -0.4 is 10.2 Å². The van der Waals surface area contributed by atoms with Gasteiger partial charge in [0.2, 0.25) is 5.91 Å². The number of rotatable bonds is 40. The van der Waals surface area contributed by atoms with Crippen LogP contribution in [-0.4, -0.2) is 68.5 Å². The molecule has 8 nitrogen and oxygen atoms in total. The number of aliphatic hydroxyl groups is 1. The van der Waals surface area contributed by atoms with Crippen LogP contribution in [0.3, 0.4) is 0 Å². The van der Waals surface area contributed by atoms with Crippen molar-refractivity contribution in [2.24, 2.45) is 0 Å². The van der Waals surface area contributed by atoms with E-state index in [1.54, 1.807) is 0 Å². The minimum Gasteiger partial charge on any atom is -0.756 e. The summed E-state index contributed by atoms with van der Waals surface area (Å²) in [5, 5.41) is 13.8. The average Bonchev–Trinajstić information content (AvgIpc) is 3.09. The van der Waals surface area contributed by atoms with Crippen molar-refractivity contribution in [3.63, 3.8) is 0 Å². The molecule has 0 aliphatic heterocycles. The van der Waals surface area contributed by atoms with Crippen LogP contribution in [-0.2, 0) is 18.4 Å². The van der Waals surface area contributed by atoms with E-state index in [2.05, 4.69) is 31.3 Å². The molecule has 0 spiro atoms. The quantitative estimate of drug-likeness (QED) is 0.0279. The Hall–Kier alpha value is -0.760. The number of phosphoric ester groups is 1. The van der Waals surface area contributed by atoms with Crippen LogP contribution in [0.2, 0.25) is 0 Å². The van der Waals surface area contributed by atoms with E-state index in [1.165, 1.54) is 141 Å². The SMILES string of the molecule is CCCCCCCC/C=C/CCCCCCCCCCCCCC(=O)N[C@@H](COP(=O)([O-])OCC[N+](C)(C)C)[C@H](O)CCCCCCCCCCC. The monoisotopic (exact) mass is 759 g/mol. The summed E-state index contributed by atoms with van der Waals surface area (Å²) in [6.07, 6.45) is 39.4. The predicted octanol–water partition coefficient (Wildman–Crippen LogP) is 11.3. The summed E-state index contributed by atoms with van der Waals surface area (Å²) < 4.78 is 23.2.